The number of carbonyl (C=O) groups is 2. The molecule has 1 aromatic rings. The van der Waals surface area contributed by atoms with Gasteiger partial charge in [-0.2, -0.15) is 0 Å². The highest BCUT2D eigenvalue weighted by molar-refractivity contribution is 6.31. The van der Waals surface area contributed by atoms with Gasteiger partial charge in [-0.25, -0.2) is 4.39 Å². The standard InChI is InChI=1S/C14H15ClFNO3/c1-17-11(18)7-2-4-8(14(19)20)13(17)12-9(15)5-3-6-10(12)16/h3,5-6,8,13H,2,4,7H2,1H3,(H,19,20). The molecule has 0 saturated carbocycles. The molecule has 2 atom stereocenters. The molecule has 1 saturated heterocycles. The quantitative estimate of drug-likeness (QED) is 0.913. The van der Waals surface area contributed by atoms with Gasteiger partial charge in [0.15, 0.2) is 0 Å². The molecule has 1 N–H and O–H groups in total. The Kier molecular flexibility index (Phi) is 4.28. The van der Waals surface area contributed by atoms with Gasteiger partial charge in [0, 0.05) is 24.1 Å². The van der Waals surface area contributed by atoms with Crippen LogP contribution in [0.15, 0.2) is 18.2 Å². The summed E-state index contributed by atoms with van der Waals surface area (Å²) in [5.74, 6) is -2.69. The van der Waals surface area contributed by atoms with Crippen LogP contribution >= 0.6 is 11.6 Å². The normalized spacial score (nSPS) is 23.6. The molecule has 0 aromatic heterocycles. The number of likely N-dealkylation sites (tertiary alicyclic amines) is 1. The number of benzene rings is 1. The van der Waals surface area contributed by atoms with Gasteiger partial charge in [-0.05, 0) is 25.0 Å². The average Bonchev–Trinajstić information content (AvgIpc) is 2.51. The Morgan fingerprint density at radius 3 is 2.80 bits per heavy atom. The minimum atomic E-state index is -1.05. The second kappa shape index (κ2) is 5.79. The summed E-state index contributed by atoms with van der Waals surface area (Å²) < 4.78 is 14.1. The number of carboxylic acids is 1. The minimum absolute atomic E-state index is 0.0827. The predicted molar refractivity (Wildman–Crippen MR) is 71.9 cm³/mol. The zero-order valence-electron chi connectivity index (χ0n) is 11.0. The molecule has 1 fully saturated rings. The highest BCUT2D eigenvalue weighted by Crippen LogP contribution is 2.39. The first-order valence-corrected chi connectivity index (χ1v) is 6.73. The highest BCUT2D eigenvalue weighted by atomic mass is 35.5. The largest absolute Gasteiger partial charge is 0.481 e. The van der Waals surface area contributed by atoms with Crippen molar-refractivity contribution in [3.8, 4) is 0 Å². The van der Waals surface area contributed by atoms with Gasteiger partial charge in [-0.1, -0.05) is 17.7 Å². The smallest absolute Gasteiger partial charge is 0.308 e. The molecule has 0 spiro atoms. The molecule has 1 amide bonds. The van der Waals surface area contributed by atoms with Crippen LogP contribution in [0.5, 0.6) is 0 Å². The number of rotatable bonds is 2. The summed E-state index contributed by atoms with van der Waals surface area (Å²) in [5.41, 5.74) is 0.0827. The molecule has 0 radical (unpaired) electrons. The van der Waals surface area contributed by atoms with Crippen LogP contribution in [-0.4, -0.2) is 28.9 Å². The summed E-state index contributed by atoms with van der Waals surface area (Å²) in [4.78, 5) is 24.7. The van der Waals surface area contributed by atoms with Gasteiger partial charge in [0.2, 0.25) is 5.91 Å². The van der Waals surface area contributed by atoms with E-state index in [0.717, 1.165) is 0 Å². The fraction of sp³-hybridized carbons (Fsp3) is 0.429. The molecule has 20 heavy (non-hydrogen) atoms. The maximum Gasteiger partial charge on any atom is 0.308 e. The van der Waals surface area contributed by atoms with E-state index in [1.165, 1.54) is 30.1 Å². The van der Waals surface area contributed by atoms with Crippen LogP contribution in [0.1, 0.15) is 30.9 Å². The number of hydrogen-bond donors (Lipinski definition) is 1. The van der Waals surface area contributed by atoms with Gasteiger partial charge >= 0.3 is 5.97 Å². The number of nitrogens with zero attached hydrogens (tertiary/aromatic N) is 1. The Hall–Kier alpha value is -1.62. The van der Waals surface area contributed by atoms with Crippen molar-refractivity contribution in [1.82, 2.24) is 4.90 Å². The van der Waals surface area contributed by atoms with Gasteiger partial charge < -0.3 is 10.0 Å². The van der Waals surface area contributed by atoms with E-state index in [0.29, 0.717) is 12.8 Å². The van der Waals surface area contributed by atoms with Crippen LogP contribution in [0.2, 0.25) is 5.02 Å². The molecule has 2 rings (SSSR count). The maximum atomic E-state index is 14.1. The van der Waals surface area contributed by atoms with Crippen LogP contribution in [-0.2, 0) is 9.59 Å². The fourth-order valence-corrected chi connectivity index (χ4v) is 2.95. The van der Waals surface area contributed by atoms with Crippen LogP contribution < -0.4 is 0 Å². The predicted octanol–water partition coefficient (Wildman–Crippen LogP) is 2.86. The second-order valence-corrected chi connectivity index (χ2v) is 5.33. The molecule has 4 nitrogen and oxygen atoms in total. The molecule has 6 heteroatoms. The number of halogens is 2. The van der Waals surface area contributed by atoms with E-state index in [2.05, 4.69) is 0 Å². The van der Waals surface area contributed by atoms with Crippen molar-refractivity contribution in [2.75, 3.05) is 7.05 Å². The number of carboxylic acid groups (broad SMARTS) is 1. The van der Waals surface area contributed by atoms with E-state index in [4.69, 9.17) is 11.6 Å². The molecule has 1 aliphatic rings. The molecule has 0 bridgehead atoms. The molecule has 1 aromatic carbocycles. The Labute approximate surface area is 121 Å². The van der Waals surface area contributed by atoms with Crippen molar-refractivity contribution in [1.29, 1.82) is 0 Å². The van der Waals surface area contributed by atoms with E-state index in [-0.39, 0.29) is 22.9 Å². The molecule has 0 aliphatic carbocycles. The first-order valence-electron chi connectivity index (χ1n) is 6.36. The SMILES string of the molecule is CN1C(=O)CCCC(C(=O)O)C1c1c(F)cccc1Cl. The van der Waals surface area contributed by atoms with Crippen molar-refractivity contribution in [3.63, 3.8) is 0 Å². The molecular weight excluding hydrogens is 285 g/mol. The third-order valence-corrected chi connectivity index (χ3v) is 4.04. The van der Waals surface area contributed by atoms with Crippen molar-refractivity contribution in [3.05, 3.63) is 34.6 Å². The zero-order chi connectivity index (χ0) is 14.9. The molecule has 2 unspecified atom stereocenters. The van der Waals surface area contributed by atoms with E-state index in [1.807, 2.05) is 0 Å². The van der Waals surface area contributed by atoms with E-state index in [1.54, 1.807) is 0 Å². The van der Waals surface area contributed by atoms with Gasteiger partial charge in [-0.15, -0.1) is 0 Å². The van der Waals surface area contributed by atoms with Crippen LogP contribution in [0.3, 0.4) is 0 Å². The molecule has 1 aliphatic heterocycles. The number of hydrogen-bond acceptors (Lipinski definition) is 2. The average molecular weight is 300 g/mol. The van der Waals surface area contributed by atoms with Crippen molar-refractivity contribution >= 4 is 23.5 Å². The van der Waals surface area contributed by atoms with Gasteiger partial charge in [0.25, 0.3) is 0 Å². The summed E-state index contributed by atoms with van der Waals surface area (Å²) >= 11 is 6.03. The van der Waals surface area contributed by atoms with Crippen molar-refractivity contribution in [2.24, 2.45) is 5.92 Å². The summed E-state index contributed by atoms with van der Waals surface area (Å²) in [5, 5.41) is 9.52. The highest BCUT2D eigenvalue weighted by Gasteiger charge is 2.39. The van der Waals surface area contributed by atoms with Crippen LogP contribution in [0.4, 0.5) is 4.39 Å². The monoisotopic (exact) mass is 299 g/mol. The van der Waals surface area contributed by atoms with Crippen molar-refractivity contribution in [2.45, 2.75) is 25.3 Å². The number of amides is 1. The van der Waals surface area contributed by atoms with Gasteiger partial charge in [-0.3, -0.25) is 9.59 Å². The summed E-state index contributed by atoms with van der Waals surface area (Å²) in [7, 11) is 1.50. The van der Waals surface area contributed by atoms with Crippen molar-refractivity contribution < 1.29 is 19.1 Å². The van der Waals surface area contributed by atoms with E-state index >= 15 is 0 Å². The third kappa shape index (κ3) is 2.63. The molecular formula is C14H15ClFNO3. The fourth-order valence-electron chi connectivity index (χ4n) is 2.68. The second-order valence-electron chi connectivity index (χ2n) is 4.92. The summed E-state index contributed by atoms with van der Waals surface area (Å²) in [6.45, 7) is 0. The summed E-state index contributed by atoms with van der Waals surface area (Å²) in [6.07, 6.45) is 1.06. The Bertz CT molecular complexity index is 529. The number of aliphatic carboxylic acids is 1. The lowest BCUT2D eigenvalue weighted by atomic mass is 9.89. The summed E-state index contributed by atoms with van der Waals surface area (Å²) in [6, 6.07) is 3.30. The first kappa shape index (κ1) is 14.8. The van der Waals surface area contributed by atoms with Gasteiger partial charge in [0.1, 0.15) is 5.82 Å². The lowest BCUT2D eigenvalue weighted by Gasteiger charge is -2.31. The van der Waals surface area contributed by atoms with Gasteiger partial charge in [0.05, 0.1) is 12.0 Å². The zero-order valence-corrected chi connectivity index (χ0v) is 11.7. The number of carbonyl (C=O) groups excluding carboxylic acids is 1. The Balaban J connectivity index is 2.56. The lowest BCUT2D eigenvalue weighted by molar-refractivity contribution is -0.145. The van der Waals surface area contributed by atoms with Crippen LogP contribution in [0, 0.1) is 11.7 Å². The lowest BCUT2D eigenvalue weighted by Crippen LogP contribution is -2.36. The van der Waals surface area contributed by atoms with Crippen LogP contribution in [0.25, 0.3) is 0 Å². The Morgan fingerprint density at radius 1 is 1.50 bits per heavy atom. The van der Waals surface area contributed by atoms with E-state index in [9.17, 15) is 19.1 Å². The molecule has 1 heterocycles. The maximum absolute atomic E-state index is 14.1. The third-order valence-electron chi connectivity index (χ3n) is 3.71. The molecule has 108 valence electrons. The Morgan fingerprint density at radius 2 is 2.20 bits per heavy atom. The van der Waals surface area contributed by atoms with E-state index < -0.39 is 23.7 Å². The minimum Gasteiger partial charge on any atom is -0.481 e. The topological polar surface area (TPSA) is 57.6 Å². The first-order chi connectivity index (χ1) is 9.43.